The molecule has 1 aromatic rings. The molecule has 0 bridgehead atoms. The monoisotopic (exact) mass is 183 g/mol. The molecule has 0 aromatic carbocycles. The number of nitriles is 1. The molecule has 1 aliphatic heterocycles. The zero-order chi connectivity index (χ0) is 9.86. The van der Waals surface area contributed by atoms with Gasteiger partial charge in [0.15, 0.2) is 0 Å². The van der Waals surface area contributed by atoms with Crippen molar-refractivity contribution in [2.75, 3.05) is 0 Å². The van der Waals surface area contributed by atoms with Crippen molar-refractivity contribution in [1.29, 1.82) is 5.26 Å². The van der Waals surface area contributed by atoms with Crippen molar-refractivity contribution in [3.63, 3.8) is 0 Å². The van der Waals surface area contributed by atoms with E-state index < -0.39 is 5.41 Å². The Bertz CT molecular complexity index is 414. The Balaban J connectivity index is 2.45. The van der Waals surface area contributed by atoms with Crippen LogP contribution in [-0.2, 0) is 5.41 Å². The van der Waals surface area contributed by atoms with E-state index >= 15 is 0 Å². The number of pyridine rings is 1. The fourth-order valence-electron chi connectivity index (χ4n) is 1.51. The summed E-state index contributed by atoms with van der Waals surface area (Å²) in [4.78, 5) is 7.91. The van der Waals surface area contributed by atoms with Gasteiger partial charge in [0.25, 0.3) is 0 Å². The topological polar surface area (TPSA) is 49.0 Å². The number of aliphatic imine (C=N–C) groups is 1. The number of allylic oxidation sites excluding steroid dienone is 1. The van der Waals surface area contributed by atoms with Gasteiger partial charge in [-0.2, -0.15) is 5.26 Å². The second-order valence-corrected chi connectivity index (χ2v) is 3.17. The minimum absolute atomic E-state index is 0.551. The molecule has 0 fully saturated rings. The van der Waals surface area contributed by atoms with Gasteiger partial charge >= 0.3 is 0 Å². The van der Waals surface area contributed by atoms with Crippen LogP contribution in [0.3, 0.4) is 0 Å². The maximum Gasteiger partial charge on any atom is 0.107 e. The van der Waals surface area contributed by atoms with Crippen molar-refractivity contribution in [3.8, 4) is 6.07 Å². The van der Waals surface area contributed by atoms with Crippen LogP contribution < -0.4 is 0 Å². The van der Waals surface area contributed by atoms with Crippen LogP contribution in [0.4, 0.5) is 0 Å². The molecule has 2 heterocycles. The molecular weight excluding hydrogens is 174 g/mol. The van der Waals surface area contributed by atoms with E-state index in [1.165, 1.54) is 0 Å². The zero-order valence-electron chi connectivity index (χ0n) is 7.59. The zero-order valence-corrected chi connectivity index (χ0v) is 7.59. The average Bonchev–Trinajstić information content (AvgIpc) is 2.31. The first kappa shape index (κ1) is 8.64. The molecule has 0 aliphatic carbocycles. The second kappa shape index (κ2) is 3.43. The van der Waals surface area contributed by atoms with Crippen molar-refractivity contribution in [3.05, 3.63) is 42.4 Å². The van der Waals surface area contributed by atoms with Crippen LogP contribution in [0, 0.1) is 11.3 Å². The summed E-state index contributed by atoms with van der Waals surface area (Å²) < 4.78 is 0. The summed E-state index contributed by atoms with van der Waals surface area (Å²) in [7, 11) is 0. The van der Waals surface area contributed by atoms with Gasteiger partial charge in [0.05, 0.1) is 6.07 Å². The Morgan fingerprint density at radius 3 is 2.71 bits per heavy atom. The molecule has 0 saturated heterocycles. The summed E-state index contributed by atoms with van der Waals surface area (Å²) in [5.74, 6) is 0. The Hall–Kier alpha value is -1.95. The molecule has 0 amide bonds. The highest BCUT2D eigenvalue weighted by Crippen LogP contribution is 2.29. The minimum Gasteiger partial charge on any atom is -0.269 e. The van der Waals surface area contributed by atoms with Gasteiger partial charge in [0.1, 0.15) is 5.41 Å². The molecule has 68 valence electrons. The lowest BCUT2D eigenvalue weighted by molar-refractivity contribution is 0.714. The van der Waals surface area contributed by atoms with Crippen molar-refractivity contribution >= 4 is 6.21 Å². The summed E-state index contributed by atoms with van der Waals surface area (Å²) in [6.45, 7) is 0. The lowest BCUT2D eigenvalue weighted by Gasteiger charge is -2.22. The van der Waals surface area contributed by atoms with Gasteiger partial charge in [0, 0.05) is 31.2 Å². The molecule has 1 atom stereocenters. The summed E-state index contributed by atoms with van der Waals surface area (Å²) in [6.07, 6.45) is 9.31. The highest BCUT2D eigenvalue weighted by atomic mass is 14.7. The van der Waals surface area contributed by atoms with Crippen LogP contribution >= 0.6 is 0 Å². The number of rotatable bonds is 1. The summed E-state index contributed by atoms with van der Waals surface area (Å²) in [5.41, 5.74) is 0.419. The molecule has 0 saturated carbocycles. The van der Waals surface area contributed by atoms with Crippen LogP contribution in [0.15, 0.2) is 41.8 Å². The van der Waals surface area contributed by atoms with Gasteiger partial charge in [0.2, 0.25) is 0 Å². The van der Waals surface area contributed by atoms with Gasteiger partial charge in [-0.15, -0.1) is 0 Å². The van der Waals surface area contributed by atoms with Gasteiger partial charge in [-0.05, 0) is 23.8 Å². The largest absolute Gasteiger partial charge is 0.269 e. The van der Waals surface area contributed by atoms with Crippen LogP contribution in [0.25, 0.3) is 0 Å². The van der Waals surface area contributed by atoms with Crippen molar-refractivity contribution in [2.45, 2.75) is 11.8 Å². The molecular formula is C11H9N3. The number of nitrogens with zero attached hydrogens (tertiary/aromatic N) is 3. The van der Waals surface area contributed by atoms with Gasteiger partial charge in [-0.1, -0.05) is 0 Å². The molecule has 1 aromatic heterocycles. The third-order valence-electron chi connectivity index (χ3n) is 2.36. The van der Waals surface area contributed by atoms with E-state index in [1.54, 1.807) is 24.8 Å². The minimum atomic E-state index is -0.551. The standard InChI is InChI=1S/C11H9N3/c12-9-11(3-7-14-8-4-11)10-1-5-13-6-2-10/h1-3,5-8H,4H2. The average molecular weight is 183 g/mol. The highest BCUT2D eigenvalue weighted by Gasteiger charge is 2.29. The molecule has 0 radical (unpaired) electrons. The lowest BCUT2D eigenvalue weighted by atomic mass is 9.79. The normalized spacial score (nSPS) is 24.5. The van der Waals surface area contributed by atoms with E-state index in [0.29, 0.717) is 6.42 Å². The maximum absolute atomic E-state index is 9.21. The van der Waals surface area contributed by atoms with Crippen LogP contribution in [0.2, 0.25) is 0 Å². The van der Waals surface area contributed by atoms with Crippen molar-refractivity contribution < 1.29 is 0 Å². The quantitative estimate of drug-likeness (QED) is 0.666. The number of hydrogen-bond acceptors (Lipinski definition) is 3. The fraction of sp³-hybridized carbons (Fsp3) is 0.182. The predicted molar refractivity (Wildman–Crippen MR) is 53.8 cm³/mol. The van der Waals surface area contributed by atoms with Crippen molar-refractivity contribution in [1.82, 2.24) is 4.98 Å². The van der Waals surface area contributed by atoms with Crippen LogP contribution in [0.5, 0.6) is 0 Å². The van der Waals surface area contributed by atoms with E-state index in [2.05, 4.69) is 16.0 Å². The molecule has 3 heteroatoms. The maximum atomic E-state index is 9.21. The molecule has 0 spiro atoms. The van der Waals surface area contributed by atoms with E-state index in [-0.39, 0.29) is 0 Å². The third kappa shape index (κ3) is 1.31. The Morgan fingerprint density at radius 1 is 1.36 bits per heavy atom. The first-order chi connectivity index (χ1) is 6.87. The Labute approximate surface area is 82.4 Å². The molecule has 1 aliphatic rings. The third-order valence-corrected chi connectivity index (χ3v) is 2.36. The first-order valence-electron chi connectivity index (χ1n) is 4.38. The van der Waals surface area contributed by atoms with E-state index in [9.17, 15) is 5.26 Å². The van der Waals surface area contributed by atoms with E-state index in [1.807, 2.05) is 18.2 Å². The first-order valence-corrected chi connectivity index (χ1v) is 4.38. The smallest absolute Gasteiger partial charge is 0.107 e. The van der Waals surface area contributed by atoms with Crippen molar-refractivity contribution in [2.24, 2.45) is 4.99 Å². The van der Waals surface area contributed by atoms with Gasteiger partial charge < -0.3 is 0 Å². The van der Waals surface area contributed by atoms with E-state index in [4.69, 9.17) is 0 Å². The molecule has 1 unspecified atom stereocenters. The van der Waals surface area contributed by atoms with Gasteiger partial charge in [-0.25, -0.2) is 0 Å². The summed E-state index contributed by atoms with van der Waals surface area (Å²) in [5, 5.41) is 9.21. The number of aromatic nitrogens is 1. The van der Waals surface area contributed by atoms with Crippen LogP contribution in [-0.4, -0.2) is 11.2 Å². The summed E-state index contributed by atoms with van der Waals surface area (Å²) >= 11 is 0. The lowest BCUT2D eigenvalue weighted by Crippen LogP contribution is -2.23. The Kier molecular flexibility index (Phi) is 2.11. The summed E-state index contributed by atoms with van der Waals surface area (Å²) in [6, 6.07) is 6.06. The molecule has 14 heavy (non-hydrogen) atoms. The second-order valence-electron chi connectivity index (χ2n) is 3.17. The molecule has 3 nitrogen and oxygen atoms in total. The fourth-order valence-corrected chi connectivity index (χ4v) is 1.51. The number of hydrogen-bond donors (Lipinski definition) is 0. The van der Waals surface area contributed by atoms with Crippen LogP contribution in [0.1, 0.15) is 12.0 Å². The molecule has 0 N–H and O–H groups in total. The van der Waals surface area contributed by atoms with E-state index in [0.717, 1.165) is 5.56 Å². The SMILES string of the molecule is N#CC1(c2ccncc2)C=CN=CC1. The predicted octanol–water partition coefficient (Wildman–Crippen LogP) is 1.83. The van der Waals surface area contributed by atoms with Gasteiger partial charge in [-0.3, -0.25) is 9.98 Å². The Morgan fingerprint density at radius 2 is 2.14 bits per heavy atom. The highest BCUT2D eigenvalue weighted by molar-refractivity contribution is 5.66. The molecule has 2 rings (SSSR count).